The van der Waals surface area contributed by atoms with Crippen LogP contribution in [0.5, 0.6) is 5.75 Å². The Labute approximate surface area is 244 Å². The number of carbonyl (C=O) groups is 1. The van der Waals surface area contributed by atoms with Gasteiger partial charge >= 0.3 is 6.03 Å². The number of methoxy groups -OCH3 is 1. The first-order valence-electron chi connectivity index (χ1n) is 14.3. The van der Waals surface area contributed by atoms with Gasteiger partial charge in [-0.05, 0) is 82.0 Å². The van der Waals surface area contributed by atoms with Crippen LogP contribution < -0.4 is 10.1 Å². The lowest BCUT2D eigenvalue weighted by Gasteiger charge is -2.53. The Hall–Kier alpha value is -3.83. The monoisotopic (exact) mass is 554 g/mol. The van der Waals surface area contributed by atoms with Gasteiger partial charge in [-0.25, -0.2) is 4.79 Å². The third kappa shape index (κ3) is 9.09. The highest BCUT2D eigenvalue weighted by Crippen LogP contribution is 2.30. The van der Waals surface area contributed by atoms with Gasteiger partial charge in [0.05, 0.1) is 7.11 Å². The van der Waals surface area contributed by atoms with Gasteiger partial charge in [-0.2, -0.15) is 0 Å². The molecule has 216 valence electrons. The lowest BCUT2D eigenvalue weighted by molar-refractivity contribution is -0.0306. The van der Waals surface area contributed by atoms with Crippen molar-refractivity contribution in [1.82, 2.24) is 14.7 Å². The fourth-order valence-corrected chi connectivity index (χ4v) is 5.33. The number of nitrogens with zero attached hydrogens (tertiary/aromatic N) is 3. The van der Waals surface area contributed by atoms with Crippen LogP contribution in [-0.2, 0) is 0 Å². The molecule has 41 heavy (non-hydrogen) atoms. The summed E-state index contributed by atoms with van der Waals surface area (Å²) in [4.78, 5) is 19.5. The minimum absolute atomic E-state index is 0.100. The Morgan fingerprint density at radius 1 is 0.951 bits per heavy atom. The van der Waals surface area contributed by atoms with E-state index in [0.29, 0.717) is 25.2 Å². The molecule has 7 nitrogen and oxygen atoms in total. The minimum Gasteiger partial charge on any atom is -0.497 e. The topological polar surface area (TPSA) is 68.3 Å². The van der Waals surface area contributed by atoms with Crippen LogP contribution in [0.4, 0.5) is 10.5 Å². The molecule has 1 unspecified atom stereocenters. The predicted octanol–water partition coefficient (Wildman–Crippen LogP) is 4.63. The molecule has 5 rings (SSSR count). The number of aliphatic hydroxyl groups is 1. The second-order valence-corrected chi connectivity index (χ2v) is 10.9. The summed E-state index contributed by atoms with van der Waals surface area (Å²) in [6.07, 6.45) is 2.04. The summed E-state index contributed by atoms with van der Waals surface area (Å²) in [5.74, 6) is 7.10. The molecule has 7 heteroatoms. The average molecular weight is 555 g/mol. The summed E-state index contributed by atoms with van der Waals surface area (Å²) in [7, 11) is 5.82. The van der Waals surface area contributed by atoms with Crippen LogP contribution in [0.1, 0.15) is 24.0 Å². The highest BCUT2D eigenvalue weighted by molar-refractivity contribution is 5.89. The molecule has 2 fully saturated rings. The van der Waals surface area contributed by atoms with E-state index in [1.165, 1.54) is 0 Å². The van der Waals surface area contributed by atoms with Crippen LogP contribution in [0.3, 0.4) is 0 Å². The molecule has 0 spiro atoms. The summed E-state index contributed by atoms with van der Waals surface area (Å²) < 4.78 is 5.16. The molecule has 0 saturated carbocycles. The van der Waals surface area contributed by atoms with Crippen molar-refractivity contribution in [2.75, 3.05) is 59.3 Å². The normalized spacial score (nSPS) is 20.1. The number of fused-ring (bicyclic) bond motifs is 1. The maximum absolute atomic E-state index is 12.9. The van der Waals surface area contributed by atoms with E-state index in [4.69, 9.17) is 4.74 Å². The second-order valence-electron chi connectivity index (χ2n) is 10.9. The van der Waals surface area contributed by atoms with Crippen molar-refractivity contribution in [3.8, 4) is 17.6 Å². The van der Waals surface area contributed by atoms with Crippen molar-refractivity contribution in [3.05, 3.63) is 96.1 Å². The number of nitrogens with one attached hydrogen (secondary N) is 1. The summed E-state index contributed by atoms with van der Waals surface area (Å²) in [5, 5.41) is 12.7. The van der Waals surface area contributed by atoms with Gasteiger partial charge in [0.1, 0.15) is 5.75 Å². The Morgan fingerprint density at radius 2 is 1.56 bits per heavy atom. The molecule has 2 aliphatic rings. The van der Waals surface area contributed by atoms with Crippen LogP contribution in [0.25, 0.3) is 0 Å². The first kappa shape index (κ1) is 30.1. The van der Waals surface area contributed by atoms with Gasteiger partial charge in [0.25, 0.3) is 0 Å². The van der Waals surface area contributed by atoms with Crippen LogP contribution in [0.2, 0.25) is 0 Å². The maximum Gasteiger partial charge on any atom is 0.321 e. The van der Waals surface area contributed by atoms with E-state index in [0.717, 1.165) is 48.5 Å². The number of urea groups is 1. The van der Waals surface area contributed by atoms with Gasteiger partial charge in [-0.1, -0.05) is 48.2 Å². The molecule has 0 radical (unpaired) electrons. The summed E-state index contributed by atoms with van der Waals surface area (Å²) in [5.41, 5.74) is 2.85. The van der Waals surface area contributed by atoms with Crippen LogP contribution in [0.15, 0.2) is 84.9 Å². The SMILES string of the molecule is C(#Cc1ccccc1)c1ccccc1.COc1ccc(NC(=O)N2CC(CO)CCN3[C@H](C[C@H]3CN(C)C)C2)cc1. The molecule has 3 aromatic rings. The number of benzene rings is 3. The molecule has 0 bridgehead atoms. The first-order valence-corrected chi connectivity index (χ1v) is 14.3. The number of anilines is 1. The fourth-order valence-electron chi connectivity index (χ4n) is 5.33. The minimum atomic E-state index is -0.100. The number of carbonyl (C=O) groups excluding carboxylic acids is 1. The molecular weight excluding hydrogens is 512 g/mol. The van der Waals surface area contributed by atoms with Crippen LogP contribution in [0, 0.1) is 17.8 Å². The highest BCUT2D eigenvalue weighted by Gasteiger charge is 2.41. The van der Waals surface area contributed by atoms with Crippen molar-refractivity contribution in [2.24, 2.45) is 5.92 Å². The third-order valence-electron chi connectivity index (χ3n) is 7.55. The van der Waals surface area contributed by atoms with Crippen molar-refractivity contribution < 1.29 is 14.6 Å². The number of likely N-dealkylation sites (N-methyl/N-ethyl adjacent to an activating group) is 1. The van der Waals surface area contributed by atoms with Gasteiger partial charge in [0, 0.05) is 61.1 Å². The number of hydrogen-bond donors (Lipinski definition) is 2. The number of ether oxygens (including phenoxy) is 1. The van der Waals surface area contributed by atoms with Gasteiger partial charge in [0.15, 0.2) is 0 Å². The van der Waals surface area contributed by atoms with Crippen molar-refractivity contribution in [2.45, 2.75) is 24.9 Å². The van der Waals surface area contributed by atoms with Crippen molar-refractivity contribution in [3.63, 3.8) is 0 Å². The third-order valence-corrected chi connectivity index (χ3v) is 7.55. The van der Waals surface area contributed by atoms with E-state index in [9.17, 15) is 9.90 Å². The van der Waals surface area contributed by atoms with E-state index >= 15 is 0 Å². The largest absolute Gasteiger partial charge is 0.497 e. The molecule has 0 aliphatic carbocycles. The molecule has 0 aromatic heterocycles. The summed E-state index contributed by atoms with van der Waals surface area (Å²) >= 11 is 0. The zero-order valence-corrected chi connectivity index (χ0v) is 24.4. The number of amides is 2. The van der Waals surface area contributed by atoms with Gasteiger partial charge in [-0.3, -0.25) is 4.90 Å². The zero-order valence-electron chi connectivity index (χ0n) is 24.4. The molecule has 3 atom stereocenters. The Bertz CT molecular complexity index is 1230. The van der Waals surface area contributed by atoms with Gasteiger partial charge < -0.3 is 25.0 Å². The zero-order chi connectivity index (χ0) is 29.0. The Morgan fingerprint density at radius 3 is 2.10 bits per heavy atom. The van der Waals surface area contributed by atoms with Crippen LogP contribution in [-0.4, -0.2) is 91.9 Å². The van der Waals surface area contributed by atoms with Crippen molar-refractivity contribution >= 4 is 11.7 Å². The average Bonchev–Trinajstić information content (AvgIpc) is 2.98. The molecule has 2 amide bonds. The first-order chi connectivity index (χ1) is 19.9. The second kappa shape index (κ2) is 15.2. The Balaban J connectivity index is 0.000000231. The standard InChI is InChI=1S/C20H32N4O3.C14H10/c1-22(2)12-17-10-18-13-23(11-15(14-25)8-9-24(17)18)20(26)21-16-4-6-19(27-3)7-5-16;1-3-7-13(8-4-1)11-12-14-9-5-2-6-10-14/h4-7,15,17-18,25H,8-14H2,1-3H3,(H,21,26);1-10H/t15?,17-,18+;/m0./s1. The molecule has 2 aliphatic heterocycles. The van der Waals surface area contributed by atoms with E-state index in [2.05, 4.69) is 41.1 Å². The van der Waals surface area contributed by atoms with Crippen LogP contribution >= 0.6 is 0 Å². The predicted molar refractivity (Wildman–Crippen MR) is 165 cm³/mol. The number of hydrogen-bond acceptors (Lipinski definition) is 5. The van der Waals surface area contributed by atoms with E-state index in [1.807, 2.05) is 89.8 Å². The van der Waals surface area contributed by atoms with Crippen molar-refractivity contribution in [1.29, 1.82) is 0 Å². The molecule has 2 N–H and O–H groups in total. The van der Waals surface area contributed by atoms with Gasteiger partial charge in [0.2, 0.25) is 0 Å². The fraction of sp³-hybridized carbons (Fsp3) is 0.382. The van der Waals surface area contributed by atoms with E-state index in [1.54, 1.807) is 7.11 Å². The quantitative estimate of drug-likeness (QED) is 0.450. The summed E-state index contributed by atoms with van der Waals surface area (Å²) in [6.45, 7) is 3.47. The number of aliphatic hydroxyl groups excluding tert-OH is 1. The number of rotatable bonds is 5. The lowest BCUT2D eigenvalue weighted by Crippen LogP contribution is -2.64. The molecule has 2 heterocycles. The van der Waals surface area contributed by atoms with Gasteiger partial charge in [-0.15, -0.1) is 0 Å². The molecular formula is C34H42N4O3. The van der Waals surface area contributed by atoms with E-state index in [-0.39, 0.29) is 18.6 Å². The molecule has 2 saturated heterocycles. The highest BCUT2D eigenvalue weighted by atomic mass is 16.5. The molecule has 3 aromatic carbocycles. The lowest BCUT2D eigenvalue weighted by atomic mass is 9.88. The Kier molecular flexibility index (Phi) is 11.2. The van der Waals surface area contributed by atoms with E-state index < -0.39 is 0 Å². The summed E-state index contributed by atoms with van der Waals surface area (Å²) in [6, 6.07) is 28.2. The smallest absolute Gasteiger partial charge is 0.321 e. The maximum atomic E-state index is 12.9.